The minimum absolute atomic E-state index is 0.838. The van der Waals surface area contributed by atoms with Crippen LogP contribution < -0.4 is 5.73 Å². The van der Waals surface area contributed by atoms with E-state index in [9.17, 15) is 0 Å². The van der Waals surface area contributed by atoms with Crippen molar-refractivity contribution in [2.24, 2.45) is 0 Å². The number of anilines is 1. The number of nitrogen functional groups attached to an aromatic ring is 1. The minimum Gasteiger partial charge on any atom is -0.399 e. The monoisotopic (exact) mass is 260 g/mol. The van der Waals surface area contributed by atoms with Crippen LogP contribution in [0, 0.1) is 0 Å². The fraction of sp³-hybridized carbons (Fsp3) is 0.333. The van der Waals surface area contributed by atoms with Crippen LogP contribution in [0.3, 0.4) is 0 Å². The first-order valence-corrected chi connectivity index (χ1v) is 7.25. The molecular formula is C15H20N2S. The van der Waals surface area contributed by atoms with Crippen molar-refractivity contribution >= 4 is 17.0 Å². The van der Waals surface area contributed by atoms with E-state index in [0.717, 1.165) is 31.7 Å². The van der Waals surface area contributed by atoms with Crippen molar-refractivity contribution in [3.05, 3.63) is 52.2 Å². The summed E-state index contributed by atoms with van der Waals surface area (Å²) in [5.41, 5.74) is 7.88. The second kappa shape index (κ2) is 6.57. The number of benzene rings is 1. The molecule has 0 spiro atoms. The normalized spacial score (nSPS) is 11.0. The van der Waals surface area contributed by atoms with Gasteiger partial charge >= 0.3 is 0 Å². The molecule has 2 nitrogen and oxygen atoms in total. The molecule has 0 radical (unpaired) electrons. The van der Waals surface area contributed by atoms with Crippen LogP contribution in [-0.2, 0) is 13.0 Å². The van der Waals surface area contributed by atoms with E-state index in [0.29, 0.717) is 0 Å². The summed E-state index contributed by atoms with van der Waals surface area (Å²) in [4.78, 5) is 3.91. The number of hydrogen-bond donors (Lipinski definition) is 1. The van der Waals surface area contributed by atoms with E-state index < -0.39 is 0 Å². The van der Waals surface area contributed by atoms with Crippen molar-refractivity contribution in [1.82, 2.24) is 4.90 Å². The smallest absolute Gasteiger partial charge is 0.0327 e. The second-order valence-electron chi connectivity index (χ2n) is 4.44. The van der Waals surface area contributed by atoms with Crippen molar-refractivity contribution in [1.29, 1.82) is 0 Å². The average Bonchev–Trinajstić information content (AvgIpc) is 2.89. The quantitative estimate of drug-likeness (QED) is 0.807. The number of hydrogen-bond acceptors (Lipinski definition) is 3. The lowest BCUT2D eigenvalue weighted by Gasteiger charge is -2.19. The zero-order valence-electron chi connectivity index (χ0n) is 10.8. The summed E-state index contributed by atoms with van der Waals surface area (Å²) in [6, 6.07) is 12.5. The van der Waals surface area contributed by atoms with Crippen LogP contribution in [0.2, 0.25) is 0 Å². The van der Waals surface area contributed by atoms with Crippen molar-refractivity contribution < 1.29 is 0 Å². The fourth-order valence-corrected chi connectivity index (χ4v) is 2.69. The van der Waals surface area contributed by atoms with Crippen LogP contribution >= 0.6 is 11.3 Å². The Hall–Kier alpha value is -1.32. The van der Waals surface area contributed by atoms with Gasteiger partial charge in [0.05, 0.1) is 0 Å². The Morgan fingerprint density at radius 3 is 2.56 bits per heavy atom. The zero-order valence-corrected chi connectivity index (χ0v) is 11.6. The van der Waals surface area contributed by atoms with Gasteiger partial charge in [-0.15, -0.1) is 11.3 Å². The Morgan fingerprint density at radius 2 is 1.94 bits per heavy atom. The summed E-state index contributed by atoms with van der Waals surface area (Å²) >= 11 is 1.83. The first-order chi connectivity index (χ1) is 8.78. The molecule has 0 aliphatic rings. The number of rotatable bonds is 6. The second-order valence-corrected chi connectivity index (χ2v) is 5.47. The van der Waals surface area contributed by atoms with Crippen molar-refractivity contribution in [3.63, 3.8) is 0 Å². The third-order valence-corrected chi connectivity index (χ3v) is 3.96. The number of nitrogens with two attached hydrogens (primary N) is 1. The number of nitrogens with zero attached hydrogens (tertiary/aromatic N) is 1. The van der Waals surface area contributed by atoms with Gasteiger partial charge in [0.2, 0.25) is 0 Å². The molecule has 0 unspecified atom stereocenters. The maximum atomic E-state index is 5.69. The first kappa shape index (κ1) is 13.1. The van der Waals surface area contributed by atoms with E-state index in [4.69, 9.17) is 5.73 Å². The van der Waals surface area contributed by atoms with Crippen molar-refractivity contribution in [2.45, 2.75) is 19.9 Å². The van der Waals surface area contributed by atoms with E-state index in [1.165, 1.54) is 10.4 Å². The van der Waals surface area contributed by atoms with Gasteiger partial charge < -0.3 is 5.73 Å². The molecule has 0 aliphatic carbocycles. The Labute approximate surface area is 113 Å². The van der Waals surface area contributed by atoms with Crippen LogP contribution in [-0.4, -0.2) is 18.0 Å². The van der Waals surface area contributed by atoms with E-state index in [2.05, 4.69) is 41.5 Å². The lowest BCUT2D eigenvalue weighted by molar-refractivity contribution is 0.286. The predicted octanol–water partition coefficient (Wildman–Crippen LogP) is 3.39. The van der Waals surface area contributed by atoms with Crippen LogP contribution in [0.4, 0.5) is 5.69 Å². The molecule has 2 aromatic rings. The van der Waals surface area contributed by atoms with Gasteiger partial charge in [0.15, 0.2) is 0 Å². The molecule has 1 heterocycles. The fourth-order valence-electron chi connectivity index (χ4n) is 1.94. The molecule has 3 heteroatoms. The molecule has 0 fully saturated rings. The zero-order chi connectivity index (χ0) is 12.8. The third kappa shape index (κ3) is 3.86. The van der Waals surface area contributed by atoms with Crippen molar-refractivity contribution in [2.75, 3.05) is 18.8 Å². The van der Waals surface area contributed by atoms with Gasteiger partial charge in [0, 0.05) is 23.7 Å². The van der Waals surface area contributed by atoms with Crippen LogP contribution in [0.5, 0.6) is 0 Å². The lowest BCUT2D eigenvalue weighted by Crippen LogP contribution is -2.24. The molecule has 0 aliphatic heterocycles. The maximum Gasteiger partial charge on any atom is 0.0327 e. The summed E-state index contributed by atoms with van der Waals surface area (Å²) in [7, 11) is 0. The van der Waals surface area contributed by atoms with E-state index in [-0.39, 0.29) is 0 Å². The maximum absolute atomic E-state index is 5.69. The molecule has 1 aromatic heterocycles. The largest absolute Gasteiger partial charge is 0.399 e. The van der Waals surface area contributed by atoms with Gasteiger partial charge in [-0.1, -0.05) is 25.1 Å². The standard InChI is InChI=1S/C15H20N2S/c1-2-17(12-15-4-3-11-18-15)10-9-13-5-7-14(16)8-6-13/h3-8,11H,2,9-10,12,16H2,1H3. The Morgan fingerprint density at radius 1 is 1.17 bits per heavy atom. The summed E-state index contributed by atoms with van der Waals surface area (Å²) < 4.78 is 0. The van der Waals surface area contributed by atoms with E-state index in [1.54, 1.807) is 0 Å². The van der Waals surface area contributed by atoms with E-state index in [1.807, 2.05) is 23.5 Å². The summed E-state index contributed by atoms with van der Waals surface area (Å²) in [5.74, 6) is 0. The molecule has 0 amide bonds. The topological polar surface area (TPSA) is 29.3 Å². The summed E-state index contributed by atoms with van der Waals surface area (Å²) in [6.07, 6.45) is 1.08. The molecule has 0 atom stereocenters. The van der Waals surface area contributed by atoms with Gasteiger partial charge in [-0.3, -0.25) is 4.90 Å². The molecule has 0 bridgehead atoms. The molecule has 0 saturated carbocycles. The number of thiophene rings is 1. The highest BCUT2D eigenvalue weighted by Crippen LogP contribution is 2.13. The summed E-state index contributed by atoms with van der Waals surface area (Å²) in [5, 5.41) is 2.14. The molecule has 0 saturated heterocycles. The van der Waals surface area contributed by atoms with Crippen LogP contribution in [0.15, 0.2) is 41.8 Å². The highest BCUT2D eigenvalue weighted by atomic mass is 32.1. The first-order valence-electron chi connectivity index (χ1n) is 6.37. The highest BCUT2D eigenvalue weighted by molar-refractivity contribution is 7.09. The van der Waals surface area contributed by atoms with Crippen molar-refractivity contribution in [3.8, 4) is 0 Å². The molecule has 96 valence electrons. The Kier molecular flexibility index (Phi) is 4.79. The SMILES string of the molecule is CCN(CCc1ccc(N)cc1)Cc1cccs1. The van der Waals surface area contributed by atoms with Gasteiger partial charge in [0.25, 0.3) is 0 Å². The predicted molar refractivity (Wildman–Crippen MR) is 79.8 cm³/mol. The highest BCUT2D eigenvalue weighted by Gasteiger charge is 2.04. The minimum atomic E-state index is 0.838. The van der Waals surface area contributed by atoms with Crippen LogP contribution in [0.1, 0.15) is 17.4 Å². The molecule has 2 N–H and O–H groups in total. The summed E-state index contributed by atoms with van der Waals surface area (Å²) in [6.45, 7) is 5.46. The molecule has 2 rings (SSSR count). The van der Waals surface area contributed by atoms with Gasteiger partial charge in [0.1, 0.15) is 0 Å². The van der Waals surface area contributed by atoms with Gasteiger partial charge in [-0.25, -0.2) is 0 Å². The molecular weight excluding hydrogens is 240 g/mol. The van der Waals surface area contributed by atoms with E-state index >= 15 is 0 Å². The average molecular weight is 260 g/mol. The molecule has 1 aromatic carbocycles. The van der Waals surface area contributed by atoms with Gasteiger partial charge in [-0.05, 0) is 42.1 Å². The number of likely N-dealkylation sites (N-methyl/N-ethyl adjacent to an activating group) is 1. The van der Waals surface area contributed by atoms with Gasteiger partial charge in [-0.2, -0.15) is 0 Å². The van der Waals surface area contributed by atoms with Crippen LogP contribution in [0.25, 0.3) is 0 Å². The Bertz CT molecular complexity index is 448. The Balaban J connectivity index is 1.85. The lowest BCUT2D eigenvalue weighted by atomic mass is 10.1. The molecule has 18 heavy (non-hydrogen) atoms. The third-order valence-electron chi connectivity index (χ3n) is 3.10.